The average Bonchev–Trinajstić information content (AvgIpc) is 3.03. The molecule has 0 saturated heterocycles. The zero-order valence-electron chi connectivity index (χ0n) is 14.1. The maximum atomic E-state index is 12.9. The first kappa shape index (κ1) is 15.4. The summed E-state index contributed by atoms with van der Waals surface area (Å²) >= 11 is 0. The van der Waals surface area contributed by atoms with E-state index in [-0.39, 0.29) is 5.56 Å². The van der Waals surface area contributed by atoms with E-state index in [4.69, 9.17) is 4.74 Å². The van der Waals surface area contributed by atoms with Crippen LogP contribution in [0.5, 0.6) is 5.75 Å². The van der Waals surface area contributed by atoms with Gasteiger partial charge in [0.15, 0.2) is 0 Å². The predicted octanol–water partition coefficient (Wildman–Crippen LogP) is 3.43. The van der Waals surface area contributed by atoms with Gasteiger partial charge in [0, 0.05) is 12.6 Å². The van der Waals surface area contributed by atoms with Gasteiger partial charge in [-0.1, -0.05) is 30.3 Å². The summed E-state index contributed by atoms with van der Waals surface area (Å²) in [6, 6.07) is 19.3. The molecule has 2 aromatic heterocycles. The Morgan fingerprint density at radius 2 is 1.80 bits per heavy atom. The minimum atomic E-state index is 0.0164. The third-order valence-corrected chi connectivity index (χ3v) is 4.24. The predicted molar refractivity (Wildman–Crippen MR) is 98.2 cm³/mol. The minimum absolute atomic E-state index is 0.0164. The number of aryl methyl sites for hydroxylation is 2. The molecular formula is C20H19N3O2. The molecule has 25 heavy (non-hydrogen) atoms. The van der Waals surface area contributed by atoms with Crippen LogP contribution in [-0.4, -0.2) is 20.8 Å². The standard InChI is InChI=1S/C20H19N3O2/c1-15-14-19-22(12-7-13-25-16-8-3-2-4-9-16)20(24)17-10-5-6-11-18(17)23(19)21-15/h2-6,8-11,14H,7,12-13H2,1H3. The highest BCUT2D eigenvalue weighted by Gasteiger charge is 2.12. The van der Waals surface area contributed by atoms with E-state index in [1.54, 1.807) is 4.57 Å². The van der Waals surface area contributed by atoms with Gasteiger partial charge in [-0.25, -0.2) is 4.52 Å². The minimum Gasteiger partial charge on any atom is -0.494 e. The van der Waals surface area contributed by atoms with Gasteiger partial charge in [-0.05, 0) is 37.6 Å². The van der Waals surface area contributed by atoms with Gasteiger partial charge in [0.25, 0.3) is 5.56 Å². The number of hydrogen-bond acceptors (Lipinski definition) is 3. The summed E-state index contributed by atoms with van der Waals surface area (Å²) in [6.45, 7) is 3.09. The lowest BCUT2D eigenvalue weighted by molar-refractivity contribution is 0.301. The van der Waals surface area contributed by atoms with E-state index < -0.39 is 0 Å². The van der Waals surface area contributed by atoms with E-state index >= 15 is 0 Å². The molecule has 4 rings (SSSR count). The first-order chi connectivity index (χ1) is 12.2. The second kappa shape index (κ2) is 6.43. The molecule has 0 aliphatic rings. The molecule has 0 amide bonds. The van der Waals surface area contributed by atoms with Crippen LogP contribution in [-0.2, 0) is 6.54 Å². The van der Waals surface area contributed by atoms with Crippen molar-refractivity contribution in [2.45, 2.75) is 19.9 Å². The average molecular weight is 333 g/mol. The van der Waals surface area contributed by atoms with Gasteiger partial charge in [-0.2, -0.15) is 5.10 Å². The molecule has 5 nitrogen and oxygen atoms in total. The van der Waals surface area contributed by atoms with Crippen LogP contribution in [0, 0.1) is 6.92 Å². The van der Waals surface area contributed by atoms with Gasteiger partial charge >= 0.3 is 0 Å². The van der Waals surface area contributed by atoms with Gasteiger partial charge in [0.2, 0.25) is 0 Å². The molecule has 0 radical (unpaired) electrons. The highest BCUT2D eigenvalue weighted by molar-refractivity contribution is 5.80. The SMILES string of the molecule is Cc1cc2n(CCCOc3ccccc3)c(=O)c3ccccc3n2n1. The highest BCUT2D eigenvalue weighted by Crippen LogP contribution is 2.15. The van der Waals surface area contributed by atoms with Gasteiger partial charge in [-0.15, -0.1) is 0 Å². The molecule has 0 unspecified atom stereocenters. The molecular weight excluding hydrogens is 314 g/mol. The topological polar surface area (TPSA) is 48.5 Å². The molecule has 0 aliphatic heterocycles. The normalized spacial score (nSPS) is 11.2. The maximum absolute atomic E-state index is 12.9. The van der Waals surface area contributed by atoms with Crippen molar-refractivity contribution in [2.24, 2.45) is 0 Å². The second-order valence-corrected chi connectivity index (χ2v) is 6.04. The van der Waals surface area contributed by atoms with Crippen LogP contribution < -0.4 is 10.3 Å². The van der Waals surface area contributed by atoms with Gasteiger partial charge < -0.3 is 4.74 Å². The number of aromatic nitrogens is 3. The Hall–Kier alpha value is -3.08. The molecule has 0 aliphatic carbocycles. The van der Waals surface area contributed by atoms with Crippen LogP contribution in [0.25, 0.3) is 16.6 Å². The first-order valence-electron chi connectivity index (χ1n) is 8.40. The fraction of sp³-hybridized carbons (Fsp3) is 0.200. The number of hydrogen-bond donors (Lipinski definition) is 0. The molecule has 4 aromatic rings. The molecule has 126 valence electrons. The number of fused-ring (bicyclic) bond motifs is 3. The van der Waals surface area contributed by atoms with E-state index in [9.17, 15) is 4.79 Å². The molecule has 0 N–H and O–H groups in total. The molecule has 5 heteroatoms. The summed E-state index contributed by atoms with van der Waals surface area (Å²) in [5, 5.41) is 5.23. The zero-order chi connectivity index (χ0) is 17.2. The summed E-state index contributed by atoms with van der Waals surface area (Å²) in [5.74, 6) is 0.846. The molecule has 0 atom stereocenters. The third kappa shape index (κ3) is 2.89. The van der Waals surface area contributed by atoms with Crippen LogP contribution >= 0.6 is 0 Å². The Bertz CT molecular complexity index is 1080. The fourth-order valence-electron chi connectivity index (χ4n) is 3.09. The first-order valence-corrected chi connectivity index (χ1v) is 8.40. The van der Waals surface area contributed by atoms with Crippen molar-refractivity contribution in [1.29, 1.82) is 0 Å². The molecule has 0 saturated carbocycles. The van der Waals surface area contributed by atoms with Crippen molar-refractivity contribution >= 4 is 16.6 Å². The lowest BCUT2D eigenvalue weighted by Gasteiger charge is -2.11. The number of para-hydroxylation sites is 2. The third-order valence-electron chi connectivity index (χ3n) is 4.24. The number of rotatable bonds is 5. The quantitative estimate of drug-likeness (QED) is 0.526. The molecule has 2 heterocycles. The Balaban J connectivity index is 1.64. The summed E-state index contributed by atoms with van der Waals surface area (Å²) in [4.78, 5) is 12.9. The fourth-order valence-corrected chi connectivity index (χ4v) is 3.09. The smallest absolute Gasteiger partial charge is 0.261 e. The number of ether oxygens (including phenoxy) is 1. The molecule has 0 bridgehead atoms. The van der Waals surface area contributed by atoms with Crippen LogP contribution in [0.4, 0.5) is 0 Å². The van der Waals surface area contributed by atoms with E-state index in [1.807, 2.05) is 72.1 Å². The molecule has 0 fully saturated rings. The van der Waals surface area contributed by atoms with E-state index in [1.165, 1.54) is 0 Å². The molecule has 0 spiro atoms. The van der Waals surface area contributed by atoms with Crippen LogP contribution in [0.15, 0.2) is 65.5 Å². The van der Waals surface area contributed by atoms with E-state index in [2.05, 4.69) is 5.10 Å². The van der Waals surface area contributed by atoms with E-state index in [0.717, 1.165) is 29.0 Å². The number of benzene rings is 2. The Morgan fingerprint density at radius 1 is 1.04 bits per heavy atom. The summed E-state index contributed by atoms with van der Waals surface area (Å²) in [5.41, 5.74) is 2.57. The second-order valence-electron chi connectivity index (χ2n) is 6.04. The van der Waals surface area contributed by atoms with Crippen molar-refractivity contribution in [2.75, 3.05) is 6.61 Å². The lowest BCUT2D eigenvalue weighted by Crippen LogP contribution is -2.23. The molecule has 2 aromatic carbocycles. The highest BCUT2D eigenvalue weighted by atomic mass is 16.5. The van der Waals surface area contributed by atoms with Crippen LogP contribution in [0.2, 0.25) is 0 Å². The largest absolute Gasteiger partial charge is 0.494 e. The number of nitrogens with zero attached hydrogens (tertiary/aromatic N) is 3. The Labute approximate surface area is 145 Å². The lowest BCUT2D eigenvalue weighted by atomic mass is 10.2. The van der Waals surface area contributed by atoms with Gasteiger partial charge in [0.05, 0.1) is 23.2 Å². The van der Waals surface area contributed by atoms with Crippen molar-refractivity contribution in [1.82, 2.24) is 14.2 Å². The summed E-state index contributed by atoms with van der Waals surface area (Å²) in [6.07, 6.45) is 0.743. The summed E-state index contributed by atoms with van der Waals surface area (Å²) in [7, 11) is 0. The maximum Gasteiger partial charge on any atom is 0.261 e. The van der Waals surface area contributed by atoms with E-state index in [0.29, 0.717) is 18.5 Å². The van der Waals surface area contributed by atoms with Crippen molar-refractivity contribution in [3.8, 4) is 5.75 Å². The van der Waals surface area contributed by atoms with Gasteiger partial charge in [0.1, 0.15) is 11.4 Å². The van der Waals surface area contributed by atoms with Crippen LogP contribution in [0.3, 0.4) is 0 Å². The monoisotopic (exact) mass is 333 g/mol. The van der Waals surface area contributed by atoms with Crippen LogP contribution in [0.1, 0.15) is 12.1 Å². The van der Waals surface area contributed by atoms with Crippen molar-refractivity contribution in [3.05, 3.63) is 76.7 Å². The van der Waals surface area contributed by atoms with Gasteiger partial charge in [-0.3, -0.25) is 9.36 Å². The van der Waals surface area contributed by atoms with Crippen molar-refractivity contribution in [3.63, 3.8) is 0 Å². The summed E-state index contributed by atoms with van der Waals surface area (Å²) < 4.78 is 9.37. The van der Waals surface area contributed by atoms with Crippen molar-refractivity contribution < 1.29 is 4.74 Å². The Morgan fingerprint density at radius 3 is 2.64 bits per heavy atom. The zero-order valence-corrected chi connectivity index (χ0v) is 14.1. The Kier molecular flexibility index (Phi) is 3.98.